The zero-order chi connectivity index (χ0) is 14.1. The molecule has 19 heavy (non-hydrogen) atoms. The minimum atomic E-state index is -3.63. The number of halogens is 1. The van der Waals surface area contributed by atoms with E-state index in [4.69, 9.17) is 14.9 Å². The first-order valence-corrected chi connectivity index (χ1v) is 8.26. The van der Waals surface area contributed by atoms with Gasteiger partial charge < -0.3 is 14.9 Å². The van der Waals surface area contributed by atoms with E-state index in [2.05, 4.69) is 20.7 Å². The van der Waals surface area contributed by atoms with Gasteiger partial charge in [0.2, 0.25) is 10.0 Å². The van der Waals surface area contributed by atoms with Crippen LogP contribution in [0.15, 0.2) is 20.0 Å². The molecule has 1 aliphatic heterocycles. The maximum Gasteiger partial charge on any atom is 0.245 e. The fourth-order valence-electron chi connectivity index (χ4n) is 1.98. The number of sulfonamides is 1. The van der Waals surface area contributed by atoms with Gasteiger partial charge in [0.1, 0.15) is 10.7 Å². The van der Waals surface area contributed by atoms with Gasteiger partial charge in [-0.2, -0.15) is 0 Å². The van der Waals surface area contributed by atoms with Crippen molar-refractivity contribution < 1.29 is 17.6 Å². The summed E-state index contributed by atoms with van der Waals surface area (Å²) >= 11 is 3.09. The second-order valence-electron chi connectivity index (χ2n) is 4.78. The number of nitrogens with two attached hydrogens (primary N) is 1. The van der Waals surface area contributed by atoms with E-state index >= 15 is 0 Å². The van der Waals surface area contributed by atoms with E-state index in [9.17, 15) is 8.42 Å². The van der Waals surface area contributed by atoms with Crippen LogP contribution in [0.2, 0.25) is 0 Å². The van der Waals surface area contributed by atoms with Crippen molar-refractivity contribution in [3.63, 3.8) is 0 Å². The molecule has 0 radical (unpaired) electrons. The molecule has 0 aliphatic carbocycles. The van der Waals surface area contributed by atoms with Crippen molar-refractivity contribution in [3.05, 3.63) is 16.5 Å². The molecule has 2 rings (SSSR count). The van der Waals surface area contributed by atoms with Crippen LogP contribution < -0.4 is 10.5 Å². The molecule has 1 aromatic rings. The van der Waals surface area contributed by atoms with Gasteiger partial charge in [0, 0.05) is 19.2 Å². The molecule has 1 atom stereocenters. The zero-order valence-electron chi connectivity index (χ0n) is 10.6. The summed E-state index contributed by atoms with van der Waals surface area (Å²) in [5, 5.41) is 0. The molecule has 0 saturated carbocycles. The van der Waals surface area contributed by atoms with Gasteiger partial charge in [-0.05, 0) is 35.7 Å². The first kappa shape index (κ1) is 15.0. The fraction of sp³-hybridized carbons (Fsp3) is 0.636. The molecular formula is C11H17BrN2O4S. The zero-order valence-corrected chi connectivity index (χ0v) is 13.0. The maximum absolute atomic E-state index is 12.2. The van der Waals surface area contributed by atoms with E-state index in [0.717, 1.165) is 12.8 Å². The summed E-state index contributed by atoms with van der Waals surface area (Å²) in [6, 6.07) is 1.42. The third-order valence-electron chi connectivity index (χ3n) is 3.13. The Labute approximate surface area is 120 Å². The molecule has 8 heteroatoms. The van der Waals surface area contributed by atoms with Crippen molar-refractivity contribution in [1.82, 2.24) is 4.72 Å². The summed E-state index contributed by atoms with van der Waals surface area (Å²) < 4.78 is 37.8. The molecule has 1 aliphatic rings. The highest BCUT2D eigenvalue weighted by Gasteiger charge is 2.32. The predicted octanol–water partition coefficient (Wildman–Crippen LogP) is 1.35. The molecule has 1 unspecified atom stereocenters. The van der Waals surface area contributed by atoms with E-state index in [-0.39, 0.29) is 22.7 Å². The van der Waals surface area contributed by atoms with Gasteiger partial charge in [0.15, 0.2) is 4.67 Å². The molecule has 1 saturated heterocycles. The van der Waals surface area contributed by atoms with E-state index in [1.54, 1.807) is 0 Å². The van der Waals surface area contributed by atoms with E-state index in [0.29, 0.717) is 12.4 Å². The molecule has 0 aromatic carbocycles. The highest BCUT2D eigenvalue weighted by atomic mass is 79.9. The minimum Gasteiger partial charge on any atom is -0.452 e. The summed E-state index contributed by atoms with van der Waals surface area (Å²) in [7, 11) is -3.63. The van der Waals surface area contributed by atoms with Crippen molar-refractivity contribution in [2.24, 2.45) is 5.73 Å². The quantitative estimate of drug-likeness (QED) is 0.833. The Morgan fingerprint density at radius 1 is 1.58 bits per heavy atom. The van der Waals surface area contributed by atoms with Crippen LogP contribution in [-0.4, -0.2) is 27.2 Å². The van der Waals surface area contributed by atoms with Crippen molar-refractivity contribution in [3.8, 4) is 0 Å². The van der Waals surface area contributed by atoms with Crippen LogP contribution in [0, 0.1) is 0 Å². The Morgan fingerprint density at radius 2 is 2.32 bits per heavy atom. The second kappa shape index (κ2) is 5.53. The molecule has 0 spiro atoms. The average Bonchev–Trinajstić information content (AvgIpc) is 2.94. The van der Waals surface area contributed by atoms with Gasteiger partial charge in [-0.3, -0.25) is 0 Å². The average molecular weight is 353 g/mol. The molecule has 6 nitrogen and oxygen atoms in total. The summed E-state index contributed by atoms with van der Waals surface area (Å²) in [5.41, 5.74) is 4.99. The number of ether oxygens (including phenoxy) is 1. The van der Waals surface area contributed by atoms with Crippen molar-refractivity contribution in [2.45, 2.75) is 36.8 Å². The first-order valence-electron chi connectivity index (χ1n) is 5.98. The third kappa shape index (κ3) is 3.38. The highest BCUT2D eigenvalue weighted by Crippen LogP contribution is 2.28. The molecule has 1 fully saturated rings. The number of hydrogen-bond donors (Lipinski definition) is 2. The van der Waals surface area contributed by atoms with Gasteiger partial charge >= 0.3 is 0 Å². The molecule has 1 aromatic heterocycles. The highest BCUT2D eigenvalue weighted by molar-refractivity contribution is 9.10. The largest absolute Gasteiger partial charge is 0.452 e. The Balaban J connectivity index is 2.11. The van der Waals surface area contributed by atoms with Crippen LogP contribution in [0.4, 0.5) is 0 Å². The smallest absolute Gasteiger partial charge is 0.245 e. The van der Waals surface area contributed by atoms with Crippen molar-refractivity contribution in [2.75, 3.05) is 13.2 Å². The lowest BCUT2D eigenvalue weighted by atomic mass is 10.0. The molecule has 3 N–H and O–H groups in total. The maximum atomic E-state index is 12.2. The normalized spacial score (nSPS) is 23.9. The van der Waals surface area contributed by atoms with Crippen LogP contribution in [0.25, 0.3) is 0 Å². The standard InChI is InChI=1S/C11H17BrN2O4S/c1-11(3-2-4-17-11)7-14-19(15,16)9-5-8(6-13)18-10(9)12/h5,14H,2-4,6-7,13H2,1H3. The monoisotopic (exact) mass is 352 g/mol. The summed E-state index contributed by atoms with van der Waals surface area (Å²) in [6.45, 7) is 2.96. The van der Waals surface area contributed by atoms with Gasteiger partial charge in [-0.15, -0.1) is 0 Å². The minimum absolute atomic E-state index is 0.0644. The third-order valence-corrected chi connectivity index (χ3v) is 5.39. The van der Waals surface area contributed by atoms with E-state index in [1.165, 1.54) is 6.07 Å². The lowest BCUT2D eigenvalue weighted by molar-refractivity contribution is 0.0250. The number of nitrogens with one attached hydrogen (secondary N) is 1. The fourth-order valence-corrected chi connectivity index (χ4v) is 4.14. The Hall–Kier alpha value is -0.410. The topological polar surface area (TPSA) is 94.6 Å². The number of hydrogen-bond acceptors (Lipinski definition) is 5. The Bertz CT molecular complexity index is 549. The molecule has 108 valence electrons. The van der Waals surface area contributed by atoms with Crippen LogP contribution in [0.1, 0.15) is 25.5 Å². The van der Waals surface area contributed by atoms with Crippen LogP contribution >= 0.6 is 15.9 Å². The van der Waals surface area contributed by atoms with Crippen LogP contribution in [0.5, 0.6) is 0 Å². The van der Waals surface area contributed by atoms with Crippen LogP contribution in [0.3, 0.4) is 0 Å². The van der Waals surface area contributed by atoms with Gasteiger partial charge in [0.05, 0.1) is 12.1 Å². The summed E-state index contributed by atoms with van der Waals surface area (Å²) in [5.74, 6) is 0.413. The lowest BCUT2D eigenvalue weighted by Crippen LogP contribution is -2.40. The van der Waals surface area contributed by atoms with E-state index in [1.807, 2.05) is 6.92 Å². The van der Waals surface area contributed by atoms with Gasteiger partial charge in [-0.1, -0.05) is 0 Å². The molecular weight excluding hydrogens is 336 g/mol. The lowest BCUT2D eigenvalue weighted by Gasteiger charge is -2.23. The molecule has 0 amide bonds. The van der Waals surface area contributed by atoms with Crippen LogP contribution in [-0.2, 0) is 21.3 Å². The number of furan rings is 1. The van der Waals surface area contributed by atoms with Crippen molar-refractivity contribution in [1.29, 1.82) is 0 Å². The van der Waals surface area contributed by atoms with Gasteiger partial charge in [-0.25, -0.2) is 13.1 Å². The molecule has 2 heterocycles. The first-order chi connectivity index (χ1) is 8.86. The van der Waals surface area contributed by atoms with E-state index < -0.39 is 15.6 Å². The van der Waals surface area contributed by atoms with Crippen molar-refractivity contribution >= 4 is 26.0 Å². The van der Waals surface area contributed by atoms with Gasteiger partial charge in [0.25, 0.3) is 0 Å². The number of rotatable bonds is 5. The predicted molar refractivity (Wildman–Crippen MR) is 73.1 cm³/mol. The Kier molecular flexibility index (Phi) is 4.36. The molecule has 0 bridgehead atoms. The second-order valence-corrected chi connectivity index (χ2v) is 7.24. The SMILES string of the molecule is CC1(CNS(=O)(=O)c2cc(CN)oc2Br)CCCO1. The Morgan fingerprint density at radius 3 is 2.84 bits per heavy atom. The summed E-state index contributed by atoms with van der Waals surface area (Å²) in [6.07, 6.45) is 1.79. The summed E-state index contributed by atoms with van der Waals surface area (Å²) in [4.78, 5) is 0.0644.